The number of aryl methyl sites for hydroxylation is 1. The van der Waals surface area contributed by atoms with Gasteiger partial charge in [0.1, 0.15) is 0 Å². The standard InChI is InChI=1S/C13H16ClNO3S/c1-9-4-5-10(7-12(9)14)13(16)15-11-3-2-6-19(17,18)8-11/h4-5,7,11H,2-3,6,8H2,1H3,(H,15,16)/t11-/m0/s1. The van der Waals surface area contributed by atoms with Gasteiger partial charge in [-0.1, -0.05) is 17.7 Å². The number of rotatable bonds is 2. The predicted molar refractivity (Wildman–Crippen MR) is 75.3 cm³/mol. The van der Waals surface area contributed by atoms with Crippen molar-refractivity contribution in [2.75, 3.05) is 11.5 Å². The monoisotopic (exact) mass is 301 g/mol. The summed E-state index contributed by atoms with van der Waals surface area (Å²) in [5, 5.41) is 3.29. The SMILES string of the molecule is Cc1ccc(C(=O)N[C@H]2CCCS(=O)(=O)C2)cc1Cl. The van der Waals surface area contributed by atoms with Gasteiger partial charge in [0, 0.05) is 16.6 Å². The molecule has 104 valence electrons. The van der Waals surface area contributed by atoms with Gasteiger partial charge in [-0.2, -0.15) is 0 Å². The Labute approximate surface area is 118 Å². The van der Waals surface area contributed by atoms with E-state index in [1.807, 2.05) is 6.92 Å². The topological polar surface area (TPSA) is 63.2 Å². The maximum absolute atomic E-state index is 12.0. The fourth-order valence-electron chi connectivity index (χ4n) is 2.14. The van der Waals surface area contributed by atoms with Crippen LogP contribution in [0, 0.1) is 6.92 Å². The van der Waals surface area contributed by atoms with Crippen LogP contribution >= 0.6 is 11.6 Å². The Bertz CT molecular complexity index is 598. The van der Waals surface area contributed by atoms with Crippen LogP contribution in [-0.2, 0) is 9.84 Å². The molecular weight excluding hydrogens is 286 g/mol. The van der Waals surface area contributed by atoms with Gasteiger partial charge in [0.2, 0.25) is 0 Å². The van der Waals surface area contributed by atoms with E-state index < -0.39 is 9.84 Å². The van der Waals surface area contributed by atoms with Gasteiger partial charge in [0.05, 0.1) is 11.5 Å². The van der Waals surface area contributed by atoms with Gasteiger partial charge in [0.15, 0.2) is 9.84 Å². The van der Waals surface area contributed by atoms with E-state index in [9.17, 15) is 13.2 Å². The van der Waals surface area contributed by atoms with Gasteiger partial charge in [-0.25, -0.2) is 8.42 Å². The van der Waals surface area contributed by atoms with Gasteiger partial charge >= 0.3 is 0 Å². The van der Waals surface area contributed by atoms with E-state index >= 15 is 0 Å². The van der Waals surface area contributed by atoms with E-state index in [2.05, 4.69) is 5.32 Å². The summed E-state index contributed by atoms with van der Waals surface area (Å²) in [6.45, 7) is 1.86. The summed E-state index contributed by atoms with van der Waals surface area (Å²) in [6.07, 6.45) is 1.30. The van der Waals surface area contributed by atoms with Crippen LogP contribution in [0.4, 0.5) is 0 Å². The maximum atomic E-state index is 12.0. The van der Waals surface area contributed by atoms with E-state index in [1.165, 1.54) is 0 Å². The first-order valence-corrected chi connectivity index (χ1v) is 8.35. The van der Waals surface area contributed by atoms with Crippen molar-refractivity contribution in [1.29, 1.82) is 0 Å². The molecule has 1 heterocycles. The fraction of sp³-hybridized carbons (Fsp3) is 0.462. The van der Waals surface area contributed by atoms with Crippen molar-refractivity contribution in [3.05, 3.63) is 34.3 Å². The second-order valence-corrected chi connectivity index (χ2v) is 7.53. The van der Waals surface area contributed by atoms with Gasteiger partial charge in [-0.15, -0.1) is 0 Å². The molecule has 1 fully saturated rings. The van der Waals surface area contributed by atoms with E-state index in [0.717, 1.165) is 5.56 Å². The molecule has 1 N–H and O–H groups in total. The van der Waals surface area contributed by atoms with E-state index in [-0.39, 0.29) is 23.5 Å². The Morgan fingerprint density at radius 2 is 2.16 bits per heavy atom. The lowest BCUT2D eigenvalue weighted by atomic mass is 10.1. The normalized spacial score (nSPS) is 21.9. The Kier molecular flexibility index (Phi) is 4.16. The molecule has 4 nitrogen and oxygen atoms in total. The molecule has 1 aliphatic heterocycles. The van der Waals surface area contributed by atoms with E-state index in [0.29, 0.717) is 23.4 Å². The summed E-state index contributed by atoms with van der Waals surface area (Å²) in [6, 6.07) is 4.76. The molecule has 0 bridgehead atoms. The molecule has 0 aliphatic carbocycles. The number of sulfone groups is 1. The van der Waals surface area contributed by atoms with Crippen molar-refractivity contribution in [1.82, 2.24) is 5.32 Å². The highest BCUT2D eigenvalue weighted by molar-refractivity contribution is 7.91. The third-order valence-corrected chi connectivity index (χ3v) is 5.46. The Balaban J connectivity index is 2.06. The molecule has 1 saturated heterocycles. The van der Waals surface area contributed by atoms with Crippen LogP contribution in [0.25, 0.3) is 0 Å². The first-order valence-electron chi connectivity index (χ1n) is 6.15. The maximum Gasteiger partial charge on any atom is 0.251 e. The van der Waals surface area contributed by atoms with Crippen LogP contribution < -0.4 is 5.32 Å². The van der Waals surface area contributed by atoms with Crippen molar-refractivity contribution >= 4 is 27.3 Å². The predicted octanol–water partition coefficient (Wildman–Crippen LogP) is 1.96. The van der Waals surface area contributed by atoms with Gasteiger partial charge in [-0.3, -0.25) is 4.79 Å². The van der Waals surface area contributed by atoms with Crippen molar-refractivity contribution < 1.29 is 13.2 Å². The van der Waals surface area contributed by atoms with Crippen LogP contribution in [-0.4, -0.2) is 31.9 Å². The first kappa shape index (κ1) is 14.3. The van der Waals surface area contributed by atoms with Crippen LogP contribution in [0.2, 0.25) is 5.02 Å². The zero-order valence-corrected chi connectivity index (χ0v) is 12.2. The number of nitrogens with one attached hydrogen (secondary N) is 1. The average Bonchev–Trinajstić information content (AvgIpc) is 2.31. The highest BCUT2D eigenvalue weighted by Crippen LogP contribution is 2.17. The van der Waals surface area contributed by atoms with Crippen molar-refractivity contribution in [2.24, 2.45) is 0 Å². The molecule has 1 aliphatic rings. The summed E-state index contributed by atoms with van der Waals surface area (Å²) >= 11 is 5.97. The number of halogens is 1. The lowest BCUT2D eigenvalue weighted by Gasteiger charge is -2.23. The minimum atomic E-state index is -3.02. The molecule has 19 heavy (non-hydrogen) atoms. The Hall–Kier alpha value is -1.07. The summed E-state index contributed by atoms with van der Waals surface area (Å²) < 4.78 is 23.0. The molecule has 0 spiro atoms. The second kappa shape index (κ2) is 5.51. The molecule has 0 unspecified atom stereocenters. The van der Waals surface area contributed by atoms with Crippen LogP contribution in [0.5, 0.6) is 0 Å². The first-order chi connectivity index (χ1) is 8.87. The summed E-state index contributed by atoms with van der Waals surface area (Å²) in [5.41, 5.74) is 1.36. The molecular formula is C13H16ClNO3S. The van der Waals surface area contributed by atoms with Crippen molar-refractivity contribution in [3.63, 3.8) is 0 Å². The average molecular weight is 302 g/mol. The van der Waals surface area contributed by atoms with Gasteiger partial charge < -0.3 is 5.32 Å². The second-order valence-electron chi connectivity index (χ2n) is 4.89. The van der Waals surface area contributed by atoms with Crippen LogP contribution in [0.1, 0.15) is 28.8 Å². The lowest BCUT2D eigenvalue weighted by Crippen LogP contribution is -2.43. The minimum Gasteiger partial charge on any atom is -0.348 e. The van der Waals surface area contributed by atoms with Crippen LogP contribution in [0.15, 0.2) is 18.2 Å². The van der Waals surface area contributed by atoms with Crippen LogP contribution in [0.3, 0.4) is 0 Å². The summed E-state index contributed by atoms with van der Waals surface area (Å²) in [5.74, 6) is -0.0300. The molecule has 2 rings (SSSR count). The number of hydrogen-bond donors (Lipinski definition) is 1. The zero-order chi connectivity index (χ0) is 14.0. The van der Waals surface area contributed by atoms with E-state index in [4.69, 9.17) is 11.6 Å². The largest absolute Gasteiger partial charge is 0.348 e. The Morgan fingerprint density at radius 3 is 2.79 bits per heavy atom. The molecule has 0 radical (unpaired) electrons. The Morgan fingerprint density at radius 1 is 1.42 bits per heavy atom. The molecule has 0 saturated carbocycles. The number of benzene rings is 1. The van der Waals surface area contributed by atoms with Gasteiger partial charge in [0.25, 0.3) is 5.91 Å². The quantitative estimate of drug-likeness (QED) is 0.908. The molecule has 6 heteroatoms. The smallest absolute Gasteiger partial charge is 0.251 e. The summed E-state index contributed by atoms with van der Waals surface area (Å²) in [7, 11) is -3.02. The van der Waals surface area contributed by atoms with E-state index in [1.54, 1.807) is 18.2 Å². The van der Waals surface area contributed by atoms with Gasteiger partial charge in [-0.05, 0) is 37.5 Å². The molecule has 1 amide bonds. The summed E-state index contributed by atoms with van der Waals surface area (Å²) in [4.78, 5) is 12.0. The number of carbonyl (C=O) groups is 1. The third-order valence-electron chi connectivity index (χ3n) is 3.23. The lowest BCUT2D eigenvalue weighted by molar-refractivity contribution is 0.0938. The minimum absolute atomic E-state index is 0.0261. The molecule has 1 aromatic rings. The molecule has 1 atom stereocenters. The van der Waals surface area contributed by atoms with Crippen molar-refractivity contribution in [3.8, 4) is 0 Å². The number of amides is 1. The number of hydrogen-bond acceptors (Lipinski definition) is 3. The third kappa shape index (κ3) is 3.70. The number of carbonyl (C=O) groups excluding carboxylic acids is 1. The highest BCUT2D eigenvalue weighted by atomic mass is 35.5. The fourth-order valence-corrected chi connectivity index (χ4v) is 3.96. The molecule has 0 aromatic heterocycles. The zero-order valence-electron chi connectivity index (χ0n) is 10.6. The highest BCUT2D eigenvalue weighted by Gasteiger charge is 2.26. The molecule has 1 aromatic carbocycles. The van der Waals surface area contributed by atoms with Crippen molar-refractivity contribution in [2.45, 2.75) is 25.8 Å².